The molecule has 0 radical (unpaired) electrons. The maximum atomic E-state index is 10.7. The van der Waals surface area contributed by atoms with Crippen LogP contribution in [0.25, 0.3) is 0 Å². The molecule has 8 nitrogen and oxygen atoms in total. The van der Waals surface area contributed by atoms with E-state index < -0.39 is 4.92 Å². The van der Waals surface area contributed by atoms with Crippen LogP contribution in [0.1, 0.15) is 5.56 Å². The molecular formula is C8H10N6O2. The largest absolute Gasteiger partial charge is 0.406 e. The molecule has 0 aromatic carbocycles. The highest BCUT2D eigenvalue weighted by Gasteiger charge is 2.19. The van der Waals surface area contributed by atoms with Gasteiger partial charge in [-0.1, -0.05) is 0 Å². The molecule has 2 N–H and O–H groups in total. The summed E-state index contributed by atoms with van der Waals surface area (Å²) in [6, 6.07) is 0. The first-order valence-corrected chi connectivity index (χ1v) is 4.55. The van der Waals surface area contributed by atoms with Crippen LogP contribution in [0.4, 0.5) is 11.6 Å². The number of aromatic nitrogens is 4. The summed E-state index contributed by atoms with van der Waals surface area (Å²) in [5.74, 6) is 0.206. The lowest BCUT2D eigenvalue weighted by atomic mass is 10.3. The van der Waals surface area contributed by atoms with E-state index in [1.165, 1.54) is 6.33 Å². The summed E-state index contributed by atoms with van der Waals surface area (Å²) >= 11 is 0. The maximum absolute atomic E-state index is 10.7. The van der Waals surface area contributed by atoms with E-state index in [0.717, 1.165) is 5.56 Å². The average molecular weight is 222 g/mol. The molecule has 8 heteroatoms. The lowest BCUT2D eigenvalue weighted by Gasteiger charge is -2.03. The number of nitrogens with one attached hydrogen (secondary N) is 2. The van der Waals surface area contributed by atoms with Crippen LogP contribution in [0.2, 0.25) is 0 Å². The second kappa shape index (κ2) is 4.01. The molecule has 2 aromatic rings. The molecule has 0 aliphatic heterocycles. The summed E-state index contributed by atoms with van der Waals surface area (Å²) in [6.45, 7) is 0.455. The molecule has 0 atom stereocenters. The maximum Gasteiger partial charge on any atom is 0.406 e. The Morgan fingerprint density at radius 1 is 1.69 bits per heavy atom. The van der Waals surface area contributed by atoms with Crippen LogP contribution >= 0.6 is 0 Å². The van der Waals surface area contributed by atoms with Crippen molar-refractivity contribution in [3.05, 3.63) is 34.4 Å². The third-order valence-electron chi connectivity index (χ3n) is 2.11. The van der Waals surface area contributed by atoms with E-state index in [0.29, 0.717) is 12.4 Å². The van der Waals surface area contributed by atoms with E-state index in [2.05, 4.69) is 20.5 Å². The zero-order chi connectivity index (χ0) is 11.5. The van der Waals surface area contributed by atoms with Gasteiger partial charge in [-0.15, -0.1) is 0 Å². The van der Waals surface area contributed by atoms with Crippen molar-refractivity contribution in [3.8, 4) is 0 Å². The number of nitro groups is 1. The quantitative estimate of drug-likeness (QED) is 0.584. The molecule has 0 aliphatic carbocycles. The van der Waals surface area contributed by atoms with Gasteiger partial charge in [-0.2, -0.15) is 5.10 Å². The van der Waals surface area contributed by atoms with Gasteiger partial charge in [0.25, 0.3) is 0 Å². The molecule has 84 valence electrons. The number of imidazole rings is 1. The van der Waals surface area contributed by atoms with Gasteiger partial charge in [-0.3, -0.25) is 9.67 Å². The number of H-pyrrole nitrogens is 1. The van der Waals surface area contributed by atoms with Gasteiger partial charge in [0.2, 0.25) is 12.1 Å². The third-order valence-corrected chi connectivity index (χ3v) is 2.11. The smallest absolute Gasteiger partial charge is 0.360 e. The number of rotatable bonds is 4. The number of aromatic amines is 1. The number of hydrogen-bond acceptors (Lipinski definition) is 5. The minimum Gasteiger partial charge on any atom is -0.360 e. The van der Waals surface area contributed by atoms with Crippen LogP contribution in [0.5, 0.6) is 0 Å². The van der Waals surface area contributed by atoms with E-state index in [9.17, 15) is 10.1 Å². The molecule has 2 rings (SSSR count). The molecule has 0 saturated carbocycles. The topological polar surface area (TPSA) is 102 Å². The molecule has 2 heterocycles. The van der Waals surface area contributed by atoms with Gasteiger partial charge in [0, 0.05) is 25.4 Å². The van der Waals surface area contributed by atoms with E-state index in [-0.39, 0.29) is 5.82 Å². The van der Waals surface area contributed by atoms with Crippen molar-refractivity contribution in [2.75, 3.05) is 5.32 Å². The fourth-order valence-electron chi connectivity index (χ4n) is 1.32. The van der Waals surface area contributed by atoms with Gasteiger partial charge < -0.3 is 15.4 Å². The monoisotopic (exact) mass is 222 g/mol. The minimum absolute atomic E-state index is 0.175. The summed E-state index contributed by atoms with van der Waals surface area (Å²) in [7, 11) is 1.69. The zero-order valence-corrected chi connectivity index (χ0v) is 8.54. The second-order valence-electron chi connectivity index (χ2n) is 3.24. The number of aryl methyl sites for hydroxylation is 1. The minimum atomic E-state index is -0.516. The summed E-state index contributed by atoms with van der Waals surface area (Å²) < 4.78 is 1.57. The first-order valence-electron chi connectivity index (χ1n) is 4.55. The van der Waals surface area contributed by atoms with Gasteiger partial charge in [-0.25, -0.2) is 0 Å². The fourth-order valence-corrected chi connectivity index (χ4v) is 1.32. The number of anilines is 1. The molecule has 0 amide bonds. The third kappa shape index (κ3) is 1.85. The fraction of sp³-hybridized carbons (Fsp3) is 0.250. The van der Waals surface area contributed by atoms with Gasteiger partial charge in [0.15, 0.2) is 0 Å². The first-order chi connectivity index (χ1) is 7.68. The lowest BCUT2D eigenvalue weighted by Crippen LogP contribution is -2.05. The summed E-state index contributed by atoms with van der Waals surface area (Å²) in [4.78, 5) is 13.8. The van der Waals surface area contributed by atoms with Gasteiger partial charge in [0.1, 0.15) is 0 Å². The molecular weight excluding hydrogens is 212 g/mol. The number of hydrogen-bond donors (Lipinski definition) is 2. The van der Waals surface area contributed by atoms with Crippen LogP contribution in [-0.2, 0) is 13.6 Å². The standard InChI is InChI=1S/C8H10N6O2/c1-13-5-10-8(14(15)16)7(13)9-2-6-3-11-12-4-6/h3-5,9H,2H2,1H3,(H,11,12). The van der Waals surface area contributed by atoms with Crippen LogP contribution in [0.15, 0.2) is 18.7 Å². The Bertz CT molecular complexity index is 489. The molecule has 0 spiro atoms. The Labute approximate surface area is 90.5 Å². The van der Waals surface area contributed by atoms with Crippen molar-refractivity contribution in [3.63, 3.8) is 0 Å². The summed E-state index contributed by atoms with van der Waals surface area (Å²) in [6.07, 6.45) is 4.76. The second-order valence-corrected chi connectivity index (χ2v) is 3.24. The molecule has 0 aliphatic rings. The summed E-state index contributed by atoms with van der Waals surface area (Å²) in [5, 5.41) is 20.1. The molecule has 16 heavy (non-hydrogen) atoms. The highest BCUT2D eigenvalue weighted by molar-refractivity contribution is 5.52. The van der Waals surface area contributed by atoms with Crippen LogP contribution in [0, 0.1) is 10.1 Å². The average Bonchev–Trinajstić information content (AvgIpc) is 2.84. The van der Waals surface area contributed by atoms with Crippen LogP contribution in [0.3, 0.4) is 0 Å². The van der Waals surface area contributed by atoms with Gasteiger partial charge in [0.05, 0.1) is 6.20 Å². The lowest BCUT2D eigenvalue weighted by molar-refractivity contribution is -0.388. The predicted molar refractivity (Wildman–Crippen MR) is 55.8 cm³/mol. The van der Waals surface area contributed by atoms with Gasteiger partial charge >= 0.3 is 5.82 Å². The van der Waals surface area contributed by atoms with E-state index in [1.807, 2.05) is 0 Å². The van der Waals surface area contributed by atoms with Gasteiger partial charge in [-0.05, 0) is 9.91 Å². The molecule has 0 fully saturated rings. The molecule has 0 unspecified atom stereocenters. The highest BCUT2D eigenvalue weighted by Crippen LogP contribution is 2.21. The molecule has 0 bridgehead atoms. The van der Waals surface area contributed by atoms with Crippen molar-refractivity contribution >= 4 is 11.6 Å². The van der Waals surface area contributed by atoms with E-state index >= 15 is 0 Å². The van der Waals surface area contributed by atoms with Crippen LogP contribution < -0.4 is 5.32 Å². The molecule has 2 aromatic heterocycles. The highest BCUT2D eigenvalue weighted by atomic mass is 16.6. The van der Waals surface area contributed by atoms with Crippen molar-refractivity contribution < 1.29 is 4.92 Å². The zero-order valence-electron chi connectivity index (χ0n) is 8.54. The summed E-state index contributed by atoms with van der Waals surface area (Å²) in [5.41, 5.74) is 0.912. The van der Waals surface area contributed by atoms with E-state index in [4.69, 9.17) is 0 Å². The normalized spacial score (nSPS) is 10.3. The van der Waals surface area contributed by atoms with Crippen molar-refractivity contribution in [2.24, 2.45) is 7.05 Å². The Hall–Kier alpha value is -2.38. The number of nitrogens with zero attached hydrogens (tertiary/aromatic N) is 4. The Balaban J connectivity index is 2.14. The van der Waals surface area contributed by atoms with Crippen molar-refractivity contribution in [2.45, 2.75) is 6.54 Å². The Kier molecular flexibility index (Phi) is 2.54. The van der Waals surface area contributed by atoms with Crippen LogP contribution in [-0.4, -0.2) is 24.7 Å². The predicted octanol–water partition coefficient (Wildman–Crippen LogP) is 0.663. The Morgan fingerprint density at radius 3 is 3.12 bits per heavy atom. The van der Waals surface area contributed by atoms with E-state index in [1.54, 1.807) is 24.0 Å². The van der Waals surface area contributed by atoms with Crippen molar-refractivity contribution in [1.82, 2.24) is 19.7 Å². The first kappa shape index (κ1) is 10.1. The van der Waals surface area contributed by atoms with Crippen molar-refractivity contribution in [1.29, 1.82) is 0 Å². The Morgan fingerprint density at radius 2 is 2.50 bits per heavy atom. The SMILES string of the molecule is Cn1cnc([N+](=O)[O-])c1NCc1cn[nH]c1. The molecule has 0 saturated heterocycles.